The Bertz CT molecular complexity index is 486. The van der Waals surface area contributed by atoms with Gasteiger partial charge < -0.3 is 5.32 Å². The van der Waals surface area contributed by atoms with Crippen LogP contribution in [0.1, 0.15) is 25.7 Å². The highest BCUT2D eigenvalue weighted by atomic mass is 35.5. The zero-order chi connectivity index (χ0) is 14.5. The number of amides is 1. The summed E-state index contributed by atoms with van der Waals surface area (Å²) in [4.78, 5) is 14.2. The monoisotopic (exact) mass is 334 g/mol. The van der Waals surface area contributed by atoms with Crippen LogP contribution in [-0.2, 0) is 4.79 Å². The van der Waals surface area contributed by atoms with E-state index in [9.17, 15) is 4.79 Å². The Morgan fingerprint density at radius 3 is 2.25 bits per heavy atom. The molecule has 3 nitrogen and oxygen atoms in total. The van der Waals surface area contributed by atoms with E-state index in [1.54, 1.807) is 6.07 Å². The molecule has 1 aliphatic heterocycles. The molecule has 6 heteroatoms. The number of nitrogens with one attached hydrogen (secondary N) is 1. The number of anilines is 1. The maximum Gasteiger partial charge on any atom is 0.238 e. The Balaban J connectivity index is 1.95. The van der Waals surface area contributed by atoms with Gasteiger partial charge in [-0.05, 0) is 38.1 Å². The van der Waals surface area contributed by atoms with Gasteiger partial charge >= 0.3 is 0 Å². The number of rotatable bonds is 3. The van der Waals surface area contributed by atoms with E-state index in [1.165, 1.54) is 18.9 Å². The van der Waals surface area contributed by atoms with Crippen LogP contribution < -0.4 is 5.32 Å². The van der Waals surface area contributed by atoms with Crippen LogP contribution >= 0.6 is 34.8 Å². The second-order valence-corrected chi connectivity index (χ2v) is 6.21. The van der Waals surface area contributed by atoms with Crippen LogP contribution in [0.2, 0.25) is 15.1 Å². The van der Waals surface area contributed by atoms with Gasteiger partial charge in [-0.3, -0.25) is 9.69 Å². The Morgan fingerprint density at radius 1 is 1.00 bits per heavy atom. The Kier molecular flexibility index (Phi) is 5.97. The summed E-state index contributed by atoms with van der Waals surface area (Å²) < 4.78 is 0. The standard InChI is InChI=1S/C14H17Cl3N2O/c15-10-7-12(17)13(8-11(10)16)18-14(20)9-19-5-3-1-2-4-6-19/h7-8H,1-6,9H2,(H,18,20). The second-order valence-electron chi connectivity index (χ2n) is 4.98. The van der Waals surface area contributed by atoms with Crippen molar-refractivity contribution in [3.8, 4) is 0 Å². The summed E-state index contributed by atoms with van der Waals surface area (Å²) in [5, 5.41) is 3.94. The van der Waals surface area contributed by atoms with Gasteiger partial charge in [0.2, 0.25) is 5.91 Å². The molecule has 0 unspecified atom stereocenters. The van der Waals surface area contributed by atoms with Crippen molar-refractivity contribution in [2.75, 3.05) is 25.0 Å². The van der Waals surface area contributed by atoms with Crippen molar-refractivity contribution in [3.05, 3.63) is 27.2 Å². The molecule has 1 aromatic carbocycles. The largest absolute Gasteiger partial charge is 0.324 e. The number of likely N-dealkylation sites (tertiary alicyclic amines) is 1. The molecule has 0 bridgehead atoms. The maximum absolute atomic E-state index is 12.1. The number of benzene rings is 1. The topological polar surface area (TPSA) is 32.3 Å². The Hall–Kier alpha value is -0.480. The van der Waals surface area contributed by atoms with Gasteiger partial charge in [0.25, 0.3) is 0 Å². The SMILES string of the molecule is O=C(CN1CCCCCC1)Nc1cc(Cl)c(Cl)cc1Cl. The first-order chi connectivity index (χ1) is 9.56. The van der Waals surface area contributed by atoms with Crippen LogP contribution in [0.5, 0.6) is 0 Å². The van der Waals surface area contributed by atoms with E-state index >= 15 is 0 Å². The minimum absolute atomic E-state index is 0.0767. The van der Waals surface area contributed by atoms with Gasteiger partial charge in [0.15, 0.2) is 0 Å². The van der Waals surface area contributed by atoms with E-state index in [1.807, 2.05) is 0 Å². The van der Waals surface area contributed by atoms with Crippen LogP contribution in [0.15, 0.2) is 12.1 Å². The summed E-state index contributed by atoms with van der Waals surface area (Å²) in [6, 6.07) is 3.11. The van der Waals surface area contributed by atoms with Crippen molar-refractivity contribution >= 4 is 46.4 Å². The molecule has 2 rings (SSSR count). The fraction of sp³-hybridized carbons (Fsp3) is 0.500. The molecule has 1 heterocycles. The van der Waals surface area contributed by atoms with Gasteiger partial charge in [0.1, 0.15) is 0 Å². The molecular weight excluding hydrogens is 319 g/mol. The van der Waals surface area contributed by atoms with Crippen LogP contribution in [0.4, 0.5) is 5.69 Å². The van der Waals surface area contributed by atoms with Crippen molar-refractivity contribution in [1.29, 1.82) is 0 Å². The van der Waals surface area contributed by atoms with Crippen LogP contribution in [0.25, 0.3) is 0 Å². The molecular formula is C14H17Cl3N2O. The predicted octanol–water partition coefficient (Wildman–Crippen LogP) is 4.46. The van der Waals surface area contributed by atoms with Crippen molar-refractivity contribution in [2.24, 2.45) is 0 Å². The number of carbonyl (C=O) groups is 1. The first-order valence-corrected chi connectivity index (χ1v) is 7.86. The molecule has 1 aliphatic rings. The van der Waals surface area contributed by atoms with E-state index < -0.39 is 0 Å². The average Bonchev–Trinajstić information content (AvgIpc) is 2.64. The fourth-order valence-electron chi connectivity index (χ4n) is 2.31. The number of nitrogens with zero attached hydrogens (tertiary/aromatic N) is 1. The third-order valence-corrected chi connectivity index (χ3v) is 4.38. The summed E-state index contributed by atoms with van der Waals surface area (Å²) in [6.07, 6.45) is 4.80. The molecule has 1 aromatic rings. The molecule has 1 saturated heterocycles. The van der Waals surface area contributed by atoms with Crippen LogP contribution in [-0.4, -0.2) is 30.4 Å². The molecule has 1 fully saturated rings. The lowest BCUT2D eigenvalue weighted by atomic mass is 10.2. The molecule has 0 aromatic heterocycles. The minimum Gasteiger partial charge on any atom is -0.324 e. The van der Waals surface area contributed by atoms with Crippen molar-refractivity contribution in [3.63, 3.8) is 0 Å². The summed E-state index contributed by atoms with van der Waals surface area (Å²) in [5.41, 5.74) is 0.501. The highest BCUT2D eigenvalue weighted by Gasteiger charge is 2.14. The molecule has 0 atom stereocenters. The number of halogens is 3. The van der Waals surface area contributed by atoms with Crippen molar-refractivity contribution < 1.29 is 4.79 Å². The highest BCUT2D eigenvalue weighted by molar-refractivity contribution is 6.44. The molecule has 20 heavy (non-hydrogen) atoms. The van der Waals surface area contributed by atoms with E-state index in [0.717, 1.165) is 25.9 Å². The minimum atomic E-state index is -0.0767. The Labute approximate surface area is 134 Å². The zero-order valence-electron chi connectivity index (χ0n) is 11.1. The summed E-state index contributed by atoms with van der Waals surface area (Å²) >= 11 is 17.8. The smallest absolute Gasteiger partial charge is 0.238 e. The van der Waals surface area contributed by atoms with Gasteiger partial charge in [-0.25, -0.2) is 0 Å². The van der Waals surface area contributed by atoms with Gasteiger partial charge in [0.05, 0.1) is 27.3 Å². The molecule has 1 N–H and O–H groups in total. The molecule has 1 amide bonds. The van der Waals surface area contributed by atoms with E-state index in [2.05, 4.69) is 10.2 Å². The molecule has 0 radical (unpaired) electrons. The quantitative estimate of drug-likeness (QED) is 0.827. The third-order valence-electron chi connectivity index (χ3n) is 3.35. The Morgan fingerprint density at radius 2 is 1.60 bits per heavy atom. The molecule has 0 saturated carbocycles. The van der Waals surface area contributed by atoms with Crippen LogP contribution in [0.3, 0.4) is 0 Å². The lowest BCUT2D eigenvalue weighted by Crippen LogP contribution is -2.33. The number of hydrogen-bond donors (Lipinski definition) is 1. The zero-order valence-corrected chi connectivity index (χ0v) is 13.4. The highest BCUT2D eigenvalue weighted by Crippen LogP contribution is 2.32. The van der Waals surface area contributed by atoms with E-state index in [-0.39, 0.29) is 5.91 Å². The van der Waals surface area contributed by atoms with Gasteiger partial charge in [-0.15, -0.1) is 0 Å². The number of hydrogen-bond acceptors (Lipinski definition) is 2. The number of carbonyl (C=O) groups excluding carboxylic acids is 1. The third kappa shape index (κ3) is 4.52. The van der Waals surface area contributed by atoms with E-state index in [0.29, 0.717) is 27.3 Å². The molecule has 0 spiro atoms. The van der Waals surface area contributed by atoms with Gasteiger partial charge in [-0.2, -0.15) is 0 Å². The summed E-state index contributed by atoms with van der Waals surface area (Å²) in [5.74, 6) is -0.0767. The van der Waals surface area contributed by atoms with E-state index in [4.69, 9.17) is 34.8 Å². The molecule has 110 valence electrons. The molecule has 0 aliphatic carbocycles. The summed E-state index contributed by atoms with van der Waals surface area (Å²) in [7, 11) is 0. The second kappa shape index (κ2) is 7.51. The van der Waals surface area contributed by atoms with Crippen molar-refractivity contribution in [2.45, 2.75) is 25.7 Å². The van der Waals surface area contributed by atoms with Crippen molar-refractivity contribution in [1.82, 2.24) is 4.90 Å². The summed E-state index contributed by atoms with van der Waals surface area (Å²) in [6.45, 7) is 2.33. The maximum atomic E-state index is 12.1. The first kappa shape index (κ1) is 15.9. The predicted molar refractivity (Wildman–Crippen MR) is 85.0 cm³/mol. The lowest BCUT2D eigenvalue weighted by molar-refractivity contribution is -0.117. The fourth-order valence-corrected chi connectivity index (χ4v) is 2.90. The van der Waals surface area contributed by atoms with Gasteiger partial charge in [-0.1, -0.05) is 47.6 Å². The normalized spacial score (nSPS) is 16.8. The average molecular weight is 336 g/mol. The van der Waals surface area contributed by atoms with Gasteiger partial charge in [0, 0.05) is 0 Å². The first-order valence-electron chi connectivity index (χ1n) is 6.73. The lowest BCUT2D eigenvalue weighted by Gasteiger charge is -2.19. The van der Waals surface area contributed by atoms with Crippen LogP contribution in [0, 0.1) is 0 Å².